The maximum atomic E-state index is 11.2. The van der Waals surface area contributed by atoms with E-state index in [-0.39, 0.29) is 19.0 Å². The van der Waals surface area contributed by atoms with Crippen molar-refractivity contribution in [2.75, 3.05) is 12.1 Å². The molecule has 114 valence electrons. The second-order valence-electron chi connectivity index (χ2n) is 4.55. The standard InChI is InChI=1S/C14H10Cl2N2O4/c15-9-2-1-3-10(14(9)16)17-6-8-4-12-13(22-7-21-12)5-11(8)18(19)20/h1-5,17H,6-7H2. The smallest absolute Gasteiger partial charge is 0.278 e. The molecule has 0 amide bonds. The fourth-order valence-corrected chi connectivity index (χ4v) is 2.48. The molecule has 0 unspecified atom stereocenters. The van der Waals surface area contributed by atoms with Gasteiger partial charge in [-0.2, -0.15) is 0 Å². The minimum absolute atomic E-state index is 0.0464. The maximum Gasteiger partial charge on any atom is 0.278 e. The van der Waals surface area contributed by atoms with Gasteiger partial charge in [0.05, 0.1) is 32.3 Å². The lowest BCUT2D eigenvalue weighted by Gasteiger charge is -2.10. The van der Waals surface area contributed by atoms with Gasteiger partial charge >= 0.3 is 0 Å². The van der Waals surface area contributed by atoms with Crippen molar-refractivity contribution in [3.63, 3.8) is 0 Å². The number of nitro benzene ring substituents is 1. The topological polar surface area (TPSA) is 73.6 Å². The van der Waals surface area contributed by atoms with Gasteiger partial charge in [-0.15, -0.1) is 0 Å². The summed E-state index contributed by atoms with van der Waals surface area (Å²) in [6, 6.07) is 8.10. The van der Waals surface area contributed by atoms with Crippen LogP contribution in [0.1, 0.15) is 5.56 Å². The molecule has 3 rings (SSSR count). The molecule has 0 aromatic heterocycles. The number of anilines is 1. The Morgan fingerprint density at radius 2 is 1.95 bits per heavy atom. The number of nitro groups is 1. The van der Waals surface area contributed by atoms with E-state index >= 15 is 0 Å². The summed E-state index contributed by atoms with van der Waals surface area (Å²) in [5.41, 5.74) is 1.02. The van der Waals surface area contributed by atoms with Crippen LogP contribution in [0, 0.1) is 10.1 Å². The van der Waals surface area contributed by atoms with Crippen LogP contribution in [0.2, 0.25) is 10.0 Å². The first-order chi connectivity index (χ1) is 10.6. The van der Waals surface area contributed by atoms with Crippen LogP contribution in [-0.2, 0) is 6.54 Å². The van der Waals surface area contributed by atoms with Gasteiger partial charge in [0, 0.05) is 6.54 Å². The van der Waals surface area contributed by atoms with E-state index in [9.17, 15) is 10.1 Å². The molecule has 8 heteroatoms. The molecule has 2 aromatic rings. The zero-order valence-corrected chi connectivity index (χ0v) is 12.6. The molecule has 0 spiro atoms. The Kier molecular flexibility index (Phi) is 3.96. The highest BCUT2D eigenvalue weighted by Gasteiger charge is 2.23. The van der Waals surface area contributed by atoms with Gasteiger partial charge in [-0.3, -0.25) is 10.1 Å². The third kappa shape index (κ3) is 2.75. The van der Waals surface area contributed by atoms with Crippen LogP contribution in [0.25, 0.3) is 0 Å². The van der Waals surface area contributed by atoms with E-state index < -0.39 is 4.92 Å². The average molecular weight is 341 g/mol. The van der Waals surface area contributed by atoms with Crippen LogP contribution in [-0.4, -0.2) is 11.7 Å². The molecule has 1 aliphatic heterocycles. The van der Waals surface area contributed by atoms with Crippen molar-refractivity contribution in [3.05, 3.63) is 56.1 Å². The van der Waals surface area contributed by atoms with Crippen molar-refractivity contribution in [1.29, 1.82) is 0 Å². The van der Waals surface area contributed by atoms with Crippen molar-refractivity contribution in [1.82, 2.24) is 0 Å². The zero-order chi connectivity index (χ0) is 15.7. The van der Waals surface area contributed by atoms with Crippen LogP contribution in [0.15, 0.2) is 30.3 Å². The molecule has 0 radical (unpaired) electrons. The van der Waals surface area contributed by atoms with Crippen molar-refractivity contribution in [2.45, 2.75) is 6.54 Å². The Morgan fingerprint density at radius 1 is 1.23 bits per heavy atom. The molecular weight excluding hydrogens is 331 g/mol. The summed E-state index contributed by atoms with van der Waals surface area (Å²) in [5, 5.41) is 15.0. The number of halogens is 2. The third-order valence-corrected chi connectivity index (χ3v) is 4.01. The summed E-state index contributed by atoms with van der Waals surface area (Å²) >= 11 is 12.0. The number of ether oxygens (including phenoxy) is 2. The number of nitrogens with zero attached hydrogens (tertiary/aromatic N) is 1. The van der Waals surface area contributed by atoms with E-state index in [0.717, 1.165) is 0 Å². The zero-order valence-electron chi connectivity index (χ0n) is 11.1. The van der Waals surface area contributed by atoms with Crippen LogP contribution < -0.4 is 14.8 Å². The Bertz CT molecular complexity index is 752. The monoisotopic (exact) mass is 340 g/mol. The van der Waals surface area contributed by atoms with Crippen molar-refractivity contribution in [2.24, 2.45) is 0 Å². The Morgan fingerprint density at radius 3 is 2.68 bits per heavy atom. The second-order valence-corrected chi connectivity index (χ2v) is 5.33. The van der Waals surface area contributed by atoms with Gasteiger partial charge in [-0.25, -0.2) is 0 Å². The van der Waals surface area contributed by atoms with E-state index in [2.05, 4.69) is 5.32 Å². The normalized spacial score (nSPS) is 12.3. The summed E-state index contributed by atoms with van der Waals surface area (Å²) in [7, 11) is 0. The predicted molar refractivity (Wildman–Crippen MR) is 83.0 cm³/mol. The largest absolute Gasteiger partial charge is 0.454 e. The van der Waals surface area contributed by atoms with Gasteiger partial charge in [0.25, 0.3) is 5.69 Å². The molecule has 1 aliphatic rings. The summed E-state index contributed by atoms with van der Waals surface area (Å²) in [6.07, 6.45) is 0. The molecular formula is C14H10Cl2N2O4. The third-order valence-electron chi connectivity index (χ3n) is 3.19. The second kappa shape index (κ2) is 5.90. The number of nitrogens with one attached hydrogen (secondary N) is 1. The molecule has 0 aliphatic carbocycles. The van der Waals surface area contributed by atoms with E-state index in [0.29, 0.717) is 32.8 Å². The predicted octanol–water partition coefficient (Wildman–Crippen LogP) is 4.24. The van der Waals surface area contributed by atoms with Gasteiger partial charge in [0.1, 0.15) is 0 Å². The number of fused-ring (bicyclic) bond motifs is 1. The van der Waals surface area contributed by atoms with Crippen LogP contribution >= 0.6 is 23.2 Å². The Hall–Kier alpha value is -2.18. The van der Waals surface area contributed by atoms with E-state index in [1.165, 1.54) is 6.07 Å². The summed E-state index contributed by atoms with van der Waals surface area (Å²) in [4.78, 5) is 10.7. The number of rotatable bonds is 4. The first-order valence-corrected chi connectivity index (χ1v) is 7.06. The number of benzene rings is 2. The molecule has 2 aromatic carbocycles. The average Bonchev–Trinajstić information content (AvgIpc) is 2.95. The first-order valence-electron chi connectivity index (χ1n) is 6.31. The lowest BCUT2D eigenvalue weighted by atomic mass is 10.1. The van der Waals surface area contributed by atoms with E-state index in [1.54, 1.807) is 24.3 Å². The van der Waals surface area contributed by atoms with E-state index in [1.807, 2.05) is 0 Å². The van der Waals surface area contributed by atoms with Gasteiger partial charge in [-0.1, -0.05) is 29.3 Å². The molecule has 0 saturated carbocycles. The molecule has 0 atom stereocenters. The molecule has 1 heterocycles. The molecule has 6 nitrogen and oxygen atoms in total. The van der Waals surface area contributed by atoms with E-state index in [4.69, 9.17) is 32.7 Å². The number of hydrogen-bond donors (Lipinski definition) is 1. The summed E-state index contributed by atoms with van der Waals surface area (Å²) < 4.78 is 10.4. The minimum atomic E-state index is -0.460. The van der Waals surface area contributed by atoms with Gasteiger partial charge < -0.3 is 14.8 Å². The van der Waals surface area contributed by atoms with Crippen LogP contribution in [0.4, 0.5) is 11.4 Å². The SMILES string of the molecule is O=[N+]([O-])c1cc2c(cc1CNc1cccc(Cl)c1Cl)OCO2. The Labute approximate surface area is 135 Å². The fourth-order valence-electron chi connectivity index (χ4n) is 2.12. The molecule has 1 N–H and O–H groups in total. The lowest BCUT2D eigenvalue weighted by molar-refractivity contribution is -0.385. The molecule has 0 saturated heterocycles. The molecule has 0 fully saturated rings. The first kappa shape index (κ1) is 14.7. The van der Waals surface area contributed by atoms with Gasteiger partial charge in [-0.05, 0) is 18.2 Å². The van der Waals surface area contributed by atoms with Gasteiger partial charge in [0.2, 0.25) is 6.79 Å². The highest BCUT2D eigenvalue weighted by atomic mass is 35.5. The van der Waals surface area contributed by atoms with Crippen LogP contribution in [0.3, 0.4) is 0 Å². The van der Waals surface area contributed by atoms with Crippen molar-refractivity contribution >= 4 is 34.6 Å². The number of hydrogen-bond acceptors (Lipinski definition) is 5. The van der Waals surface area contributed by atoms with Crippen molar-refractivity contribution in [3.8, 4) is 11.5 Å². The van der Waals surface area contributed by atoms with Crippen LogP contribution in [0.5, 0.6) is 11.5 Å². The quantitative estimate of drug-likeness (QED) is 0.665. The maximum absolute atomic E-state index is 11.2. The van der Waals surface area contributed by atoms with Gasteiger partial charge in [0.15, 0.2) is 11.5 Å². The Balaban J connectivity index is 1.88. The minimum Gasteiger partial charge on any atom is -0.454 e. The summed E-state index contributed by atoms with van der Waals surface area (Å²) in [5.74, 6) is 0.857. The highest BCUT2D eigenvalue weighted by Crippen LogP contribution is 2.38. The lowest BCUT2D eigenvalue weighted by Crippen LogP contribution is -2.03. The molecule has 22 heavy (non-hydrogen) atoms. The summed E-state index contributed by atoms with van der Waals surface area (Å²) in [6.45, 7) is 0.260. The fraction of sp³-hybridized carbons (Fsp3) is 0.143. The molecule has 0 bridgehead atoms. The van der Waals surface area contributed by atoms with Crippen molar-refractivity contribution < 1.29 is 14.4 Å². The highest BCUT2D eigenvalue weighted by molar-refractivity contribution is 6.43.